The topological polar surface area (TPSA) is 90.5 Å². The summed E-state index contributed by atoms with van der Waals surface area (Å²) in [5.74, 6) is 0.0830. The van der Waals surface area contributed by atoms with Gasteiger partial charge in [0, 0.05) is 64.0 Å². The Morgan fingerprint density at radius 1 is 1.03 bits per heavy atom. The Bertz CT molecular complexity index is 908. The second-order valence-electron chi connectivity index (χ2n) is 7.95. The molecule has 0 saturated carbocycles. The largest absolute Gasteiger partial charge is 0.497 e. The zero-order chi connectivity index (χ0) is 21.3. The molecule has 9 nitrogen and oxygen atoms in total. The molecule has 4 rings (SSSR count). The molecule has 1 aromatic carbocycles. The summed E-state index contributed by atoms with van der Waals surface area (Å²) >= 11 is 0. The number of hydrogen-bond acceptors (Lipinski definition) is 5. The summed E-state index contributed by atoms with van der Waals surface area (Å²) in [4.78, 5) is 28.8. The van der Waals surface area contributed by atoms with E-state index in [-0.39, 0.29) is 18.2 Å². The molecular weight excluding hydrogens is 408 g/mol. The molecule has 0 bridgehead atoms. The molecule has 30 heavy (non-hydrogen) atoms. The van der Waals surface area contributed by atoms with Crippen LogP contribution in [0.15, 0.2) is 24.3 Å². The van der Waals surface area contributed by atoms with Gasteiger partial charge in [0.15, 0.2) is 0 Å². The van der Waals surface area contributed by atoms with Gasteiger partial charge in [-0.1, -0.05) is 6.07 Å². The van der Waals surface area contributed by atoms with Crippen LogP contribution in [0.25, 0.3) is 0 Å². The highest BCUT2D eigenvalue weighted by molar-refractivity contribution is 7.86. The fourth-order valence-corrected chi connectivity index (χ4v) is 6.05. The first-order valence-corrected chi connectivity index (χ1v) is 11.8. The molecule has 10 heteroatoms. The van der Waals surface area contributed by atoms with Crippen molar-refractivity contribution in [2.75, 3.05) is 57.8 Å². The lowest BCUT2D eigenvalue weighted by molar-refractivity contribution is -0.137. The number of benzene rings is 1. The molecule has 0 aliphatic carbocycles. The Balaban J connectivity index is 1.36. The standard InChI is InChI=1S/C20H28N4O5S/c1-29-18-6-4-5-17(14-18)24-15-16(13-19(24)25)20(26)21-9-11-23(12-10-21)30(27,28)22-7-2-3-8-22/h4-6,14,16H,2-3,7-13,15H2,1H3. The van der Waals surface area contributed by atoms with Crippen LogP contribution >= 0.6 is 0 Å². The molecule has 3 aliphatic rings. The lowest BCUT2D eigenvalue weighted by Crippen LogP contribution is -2.54. The predicted molar refractivity (Wildman–Crippen MR) is 111 cm³/mol. The highest BCUT2D eigenvalue weighted by Crippen LogP contribution is 2.29. The van der Waals surface area contributed by atoms with Gasteiger partial charge < -0.3 is 14.5 Å². The van der Waals surface area contributed by atoms with Crippen LogP contribution in [0.5, 0.6) is 5.75 Å². The fraction of sp³-hybridized carbons (Fsp3) is 0.600. The van der Waals surface area contributed by atoms with Crippen LogP contribution in [0.2, 0.25) is 0 Å². The van der Waals surface area contributed by atoms with Crippen LogP contribution in [0.3, 0.4) is 0 Å². The third-order valence-corrected chi connectivity index (χ3v) is 8.14. The third kappa shape index (κ3) is 4.03. The van der Waals surface area contributed by atoms with E-state index in [0.717, 1.165) is 18.5 Å². The van der Waals surface area contributed by atoms with Gasteiger partial charge in [-0.3, -0.25) is 9.59 Å². The van der Waals surface area contributed by atoms with Crippen LogP contribution in [0.4, 0.5) is 5.69 Å². The van der Waals surface area contributed by atoms with E-state index in [1.54, 1.807) is 23.0 Å². The van der Waals surface area contributed by atoms with Gasteiger partial charge >= 0.3 is 0 Å². The van der Waals surface area contributed by atoms with Gasteiger partial charge in [-0.2, -0.15) is 17.0 Å². The summed E-state index contributed by atoms with van der Waals surface area (Å²) in [6, 6.07) is 7.24. The Morgan fingerprint density at radius 3 is 2.37 bits per heavy atom. The van der Waals surface area contributed by atoms with E-state index in [4.69, 9.17) is 4.74 Å². The maximum Gasteiger partial charge on any atom is 0.282 e. The van der Waals surface area contributed by atoms with E-state index in [0.29, 0.717) is 51.6 Å². The number of rotatable bonds is 5. The van der Waals surface area contributed by atoms with Gasteiger partial charge in [-0.15, -0.1) is 0 Å². The van der Waals surface area contributed by atoms with Crippen molar-refractivity contribution in [1.29, 1.82) is 0 Å². The molecule has 0 radical (unpaired) electrons. The van der Waals surface area contributed by atoms with E-state index in [1.165, 1.54) is 8.61 Å². The van der Waals surface area contributed by atoms with Gasteiger partial charge in [0.1, 0.15) is 5.75 Å². The molecule has 0 N–H and O–H groups in total. The molecule has 0 spiro atoms. The summed E-state index contributed by atoms with van der Waals surface area (Å²) in [6.45, 7) is 2.79. The summed E-state index contributed by atoms with van der Waals surface area (Å²) in [5.41, 5.74) is 0.719. The minimum absolute atomic E-state index is 0.0769. The van der Waals surface area contributed by atoms with Crippen molar-refractivity contribution in [3.8, 4) is 5.75 Å². The zero-order valence-corrected chi connectivity index (χ0v) is 18.0. The first kappa shape index (κ1) is 21.1. The summed E-state index contributed by atoms with van der Waals surface area (Å²) in [5, 5.41) is 0. The average Bonchev–Trinajstić information content (AvgIpc) is 3.44. The van der Waals surface area contributed by atoms with Gasteiger partial charge in [0.05, 0.1) is 13.0 Å². The van der Waals surface area contributed by atoms with Crippen molar-refractivity contribution < 1.29 is 22.7 Å². The molecule has 3 aliphatic heterocycles. The minimum Gasteiger partial charge on any atom is -0.497 e. The first-order valence-electron chi connectivity index (χ1n) is 10.4. The van der Waals surface area contributed by atoms with Crippen molar-refractivity contribution in [3.63, 3.8) is 0 Å². The van der Waals surface area contributed by atoms with Crippen LogP contribution < -0.4 is 9.64 Å². The van der Waals surface area contributed by atoms with Crippen LogP contribution in [-0.4, -0.2) is 86.7 Å². The minimum atomic E-state index is -3.44. The average molecular weight is 437 g/mol. The highest BCUT2D eigenvalue weighted by Gasteiger charge is 2.40. The molecule has 1 atom stereocenters. The number of carbonyl (C=O) groups is 2. The number of piperazine rings is 1. The normalized spacial score (nSPS) is 23.9. The van der Waals surface area contributed by atoms with Crippen LogP contribution in [0, 0.1) is 5.92 Å². The van der Waals surface area contributed by atoms with Gasteiger partial charge in [0.25, 0.3) is 10.2 Å². The molecule has 1 aromatic rings. The summed E-state index contributed by atoms with van der Waals surface area (Å²) in [6.07, 6.45) is 1.97. The van der Waals surface area contributed by atoms with Gasteiger partial charge in [0.2, 0.25) is 11.8 Å². The van der Waals surface area contributed by atoms with Crippen molar-refractivity contribution in [2.45, 2.75) is 19.3 Å². The SMILES string of the molecule is COc1cccc(N2CC(C(=O)N3CCN(S(=O)(=O)N4CCCC4)CC3)CC2=O)c1. The molecule has 164 valence electrons. The van der Waals surface area contributed by atoms with Crippen molar-refractivity contribution in [3.05, 3.63) is 24.3 Å². The number of methoxy groups -OCH3 is 1. The van der Waals surface area contributed by atoms with E-state index < -0.39 is 16.1 Å². The van der Waals surface area contributed by atoms with Crippen molar-refractivity contribution >= 4 is 27.7 Å². The highest BCUT2D eigenvalue weighted by atomic mass is 32.2. The maximum atomic E-state index is 13.0. The Labute approximate surface area is 177 Å². The van der Waals surface area contributed by atoms with E-state index in [2.05, 4.69) is 0 Å². The first-order chi connectivity index (χ1) is 14.4. The molecular formula is C20H28N4O5S. The number of ether oxygens (including phenoxy) is 1. The quantitative estimate of drug-likeness (QED) is 0.672. The molecule has 3 saturated heterocycles. The number of nitrogens with zero attached hydrogens (tertiary/aromatic N) is 4. The fourth-order valence-electron chi connectivity index (χ4n) is 4.38. The third-order valence-electron chi connectivity index (χ3n) is 6.11. The Hall–Kier alpha value is -2.17. The van der Waals surface area contributed by atoms with E-state index in [1.807, 2.05) is 18.2 Å². The second-order valence-corrected chi connectivity index (χ2v) is 9.87. The lowest BCUT2D eigenvalue weighted by Gasteiger charge is -2.36. The van der Waals surface area contributed by atoms with Crippen molar-refractivity contribution in [1.82, 2.24) is 13.5 Å². The lowest BCUT2D eigenvalue weighted by atomic mass is 10.1. The molecule has 3 fully saturated rings. The zero-order valence-electron chi connectivity index (χ0n) is 17.2. The predicted octanol–water partition coefficient (Wildman–Crippen LogP) is 0.533. The monoisotopic (exact) mass is 436 g/mol. The molecule has 0 aromatic heterocycles. The molecule has 2 amide bonds. The second kappa shape index (κ2) is 8.52. The summed E-state index contributed by atoms with van der Waals surface area (Å²) in [7, 11) is -1.87. The number of amides is 2. The molecule has 3 heterocycles. The number of carbonyl (C=O) groups excluding carboxylic acids is 2. The Kier molecular flexibility index (Phi) is 5.99. The number of anilines is 1. The van der Waals surface area contributed by atoms with Crippen LogP contribution in [-0.2, 0) is 19.8 Å². The Morgan fingerprint density at radius 2 is 1.70 bits per heavy atom. The maximum absolute atomic E-state index is 13.0. The van der Waals surface area contributed by atoms with E-state index in [9.17, 15) is 18.0 Å². The smallest absolute Gasteiger partial charge is 0.282 e. The van der Waals surface area contributed by atoms with Gasteiger partial charge in [-0.25, -0.2) is 0 Å². The van der Waals surface area contributed by atoms with Gasteiger partial charge in [-0.05, 0) is 25.0 Å². The number of hydrogen-bond donors (Lipinski definition) is 0. The molecule has 1 unspecified atom stereocenters. The van der Waals surface area contributed by atoms with E-state index >= 15 is 0 Å². The summed E-state index contributed by atoms with van der Waals surface area (Å²) < 4.78 is 33.6. The van der Waals surface area contributed by atoms with Crippen LogP contribution in [0.1, 0.15) is 19.3 Å². The van der Waals surface area contributed by atoms with Crippen molar-refractivity contribution in [2.24, 2.45) is 5.92 Å².